The van der Waals surface area contributed by atoms with Gasteiger partial charge in [0.15, 0.2) is 0 Å². The van der Waals surface area contributed by atoms with Crippen LogP contribution in [0, 0.1) is 6.92 Å². The minimum Gasteiger partial charge on any atom is -0.396 e. The summed E-state index contributed by atoms with van der Waals surface area (Å²) < 4.78 is 27.9. The maximum absolute atomic E-state index is 13.6. The number of anilines is 3. The smallest absolute Gasteiger partial charge is 0.211 e. The number of hydrogen-bond acceptors (Lipinski definition) is 6. The second-order valence-electron chi connectivity index (χ2n) is 7.15. The molecule has 5 nitrogen and oxygen atoms in total. The van der Waals surface area contributed by atoms with Crippen LogP contribution in [0.3, 0.4) is 0 Å². The van der Waals surface area contributed by atoms with Crippen molar-refractivity contribution in [1.82, 2.24) is 0 Å². The largest absolute Gasteiger partial charge is 0.396 e. The highest BCUT2D eigenvalue weighted by atomic mass is 79.9. The van der Waals surface area contributed by atoms with Crippen LogP contribution in [0.1, 0.15) is 20.8 Å². The summed E-state index contributed by atoms with van der Waals surface area (Å²) >= 11 is 4.36. The number of sulfone groups is 1. The first-order chi connectivity index (χ1) is 15.3. The first-order valence-electron chi connectivity index (χ1n) is 9.64. The van der Waals surface area contributed by atoms with Crippen LogP contribution in [0.5, 0.6) is 0 Å². The zero-order valence-corrected chi connectivity index (χ0v) is 20.2. The van der Waals surface area contributed by atoms with Gasteiger partial charge in [-0.2, -0.15) is 0 Å². The second-order valence-corrected chi connectivity index (χ2v) is 11.0. The molecule has 0 saturated carbocycles. The zero-order valence-electron chi connectivity index (χ0n) is 17.0. The van der Waals surface area contributed by atoms with Gasteiger partial charge in [0.25, 0.3) is 0 Å². The molecule has 3 N–H and O–H groups in total. The van der Waals surface area contributed by atoms with Crippen molar-refractivity contribution in [3.63, 3.8) is 0 Å². The van der Waals surface area contributed by atoms with Gasteiger partial charge in [0, 0.05) is 15.7 Å². The van der Waals surface area contributed by atoms with Crippen LogP contribution in [0.2, 0.25) is 0 Å². The third kappa shape index (κ3) is 4.34. The van der Waals surface area contributed by atoms with Gasteiger partial charge in [-0.1, -0.05) is 64.0 Å². The molecule has 0 atom stereocenters. The Morgan fingerprint density at radius 1 is 0.938 bits per heavy atom. The molecule has 0 fully saturated rings. The molecule has 0 aliphatic heterocycles. The lowest BCUT2D eigenvalue weighted by Crippen LogP contribution is -2.08. The van der Waals surface area contributed by atoms with Crippen molar-refractivity contribution in [3.8, 4) is 0 Å². The molecule has 0 amide bonds. The van der Waals surface area contributed by atoms with E-state index in [9.17, 15) is 13.2 Å². The Morgan fingerprint density at radius 2 is 1.56 bits per heavy atom. The summed E-state index contributed by atoms with van der Waals surface area (Å²) in [6.45, 7) is 1.97. The van der Waals surface area contributed by atoms with Crippen molar-refractivity contribution >= 4 is 59.3 Å². The summed E-state index contributed by atoms with van der Waals surface area (Å²) in [5.41, 5.74) is 8.49. The molecule has 3 aromatic carbocycles. The van der Waals surface area contributed by atoms with Gasteiger partial charge in [-0.25, -0.2) is 8.42 Å². The van der Waals surface area contributed by atoms with Crippen LogP contribution in [0.15, 0.2) is 93.1 Å². The van der Waals surface area contributed by atoms with E-state index in [0.29, 0.717) is 16.3 Å². The molecular formula is C24H19BrN2O3S2. The Labute approximate surface area is 199 Å². The number of carbonyl (C=O) groups excluding carboxylic acids is 1. The van der Waals surface area contributed by atoms with Crippen molar-refractivity contribution in [2.45, 2.75) is 16.7 Å². The molecule has 0 aliphatic rings. The molecule has 0 radical (unpaired) electrons. The molecule has 4 aromatic rings. The van der Waals surface area contributed by atoms with E-state index in [-0.39, 0.29) is 26.1 Å². The standard InChI is InChI=1S/C24H19BrN2O3S2/c1-15-7-11-18(12-8-15)27-24-23(32(29,30)19-13-9-17(25)10-14-19)20(26)22(31-24)21(28)16-5-3-2-4-6-16/h2-14,27H,26H2,1H3. The summed E-state index contributed by atoms with van der Waals surface area (Å²) in [5.74, 6) is -0.322. The van der Waals surface area contributed by atoms with E-state index in [0.717, 1.165) is 21.4 Å². The van der Waals surface area contributed by atoms with E-state index in [4.69, 9.17) is 5.73 Å². The average molecular weight is 527 g/mol. The Morgan fingerprint density at radius 3 is 2.19 bits per heavy atom. The lowest BCUT2D eigenvalue weighted by Gasteiger charge is -2.10. The monoisotopic (exact) mass is 526 g/mol. The van der Waals surface area contributed by atoms with E-state index in [1.54, 1.807) is 36.4 Å². The molecule has 0 bridgehead atoms. The summed E-state index contributed by atoms with van der Waals surface area (Å²) in [5, 5.41) is 3.45. The molecule has 162 valence electrons. The summed E-state index contributed by atoms with van der Waals surface area (Å²) in [7, 11) is -3.99. The molecule has 0 unspecified atom stereocenters. The molecule has 4 rings (SSSR count). The number of rotatable bonds is 6. The fraction of sp³-hybridized carbons (Fsp3) is 0.0417. The van der Waals surface area contributed by atoms with Crippen LogP contribution >= 0.6 is 27.3 Å². The van der Waals surface area contributed by atoms with Crippen LogP contribution in [-0.4, -0.2) is 14.2 Å². The van der Waals surface area contributed by atoms with Gasteiger partial charge in [0.05, 0.1) is 10.6 Å². The number of thiophene rings is 1. The third-order valence-electron chi connectivity index (χ3n) is 4.84. The number of ketones is 1. The number of hydrogen-bond donors (Lipinski definition) is 2. The maximum Gasteiger partial charge on any atom is 0.211 e. The molecule has 32 heavy (non-hydrogen) atoms. The molecule has 0 spiro atoms. The van der Waals surface area contributed by atoms with Gasteiger partial charge in [-0.05, 0) is 43.3 Å². The Kier molecular flexibility index (Phi) is 6.19. The van der Waals surface area contributed by atoms with Crippen LogP contribution in [0.25, 0.3) is 0 Å². The highest BCUT2D eigenvalue weighted by molar-refractivity contribution is 9.10. The quantitative estimate of drug-likeness (QED) is 0.291. The zero-order chi connectivity index (χ0) is 22.9. The van der Waals surface area contributed by atoms with E-state index < -0.39 is 9.84 Å². The molecule has 1 aromatic heterocycles. The SMILES string of the molecule is Cc1ccc(Nc2sc(C(=O)c3ccccc3)c(N)c2S(=O)(=O)c2ccc(Br)cc2)cc1. The molecule has 0 aliphatic carbocycles. The Hall–Kier alpha value is -2.94. The first kappa shape index (κ1) is 22.3. The van der Waals surface area contributed by atoms with Crippen LogP contribution in [0.4, 0.5) is 16.4 Å². The number of halogens is 1. The number of nitrogen functional groups attached to an aromatic ring is 1. The van der Waals surface area contributed by atoms with Gasteiger partial charge in [-0.15, -0.1) is 11.3 Å². The van der Waals surface area contributed by atoms with Crippen molar-refractivity contribution in [2.24, 2.45) is 0 Å². The summed E-state index contributed by atoms with van der Waals surface area (Å²) in [6.07, 6.45) is 0. The highest BCUT2D eigenvalue weighted by Gasteiger charge is 2.31. The van der Waals surface area contributed by atoms with Gasteiger partial charge >= 0.3 is 0 Å². The highest BCUT2D eigenvalue weighted by Crippen LogP contribution is 2.44. The maximum atomic E-state index is 13.6. The first-order valence-corrected chi connectivity index (χ1v) is 12.7. The van der Waals surface area contributed by atoms with Crippen LogP contribution in [-0.2, 0) is 9.84 Å². The Balaban J connectivity index is 1.88. The van der Waals surface area contributed by atoms with Gasteiger partial charge in [0.1, 0.15) is 14.8 Å². The average Bonchev–Trinajstić information content (AvgIpc) is 3.12. The van der Waals surface area contributed by atoms with Crippen molar-refractivity contribution in [3.05, 3.63) is 99.3 Å². The van der Waals surface area contributed by atoms with E-state index in [1.807, 2.05) is 37.3 Å². The number of benzene rings is 3. The molecule has 8 heteroatoms. The van der Waals surface area contributed by atoms with Gasteiger partial charge in [0.2, 0.25) is 15.6 Å². The predicted octanol–water partition coefficient (Wildman–Crippen LogP) is 6.21. The molecular weight excluding hydrogens is 508 g/mol. The summed E-state index contributed by atoms with van der Waals surface area (Å²) in [6, 6.07) is 22.5. The molecule has 0 saturated heterocycles. The fourth-order valence-corrected chi connectivity index (χ4v) is 6.36. The lowest BCUT2D eigenvalue weighted by atomic mass is 10.1. The number of carbonyl (C=O) groups is 1. The van der Waals surface area contributed by atoms with Crippen molar-refractivity contribution < 1.29 is 13.2 Å². The van der Waals surface area contributed by atoms with Crippen molar-refractivity contribution in [2.75, 3.05) is 11.1 Å². The van der Waals surface area contributed by atoms with E-state index >= 15 is 0 Å². The minimum atomic E-state index is -3.99. The summed E-state index contributed by atoms with van der Waals surface area (Å²) in [4.78, 5) is 13.3. The van der Waals surface area contributed by atoms with Crippen LogP contribution < -0.4 is 11.1 Å². The topological polar surface area (TPSA) is 89.3 Å². The second kappa shape index (κ2) is 8.90. The van der Waals surface area contributed by atoms with E-state index in [2.05, 4.69) is 21.2 Å². The predicted molar refractivity (Wildman–Crippen MR) is 133 cm³/mol. The van der Waals surface area contributed by atoms with Gasteiger partial charge in [-0.3, -0.25) is 4.79 Å². The number of nitrogens with one attached hydrogen (secondary N) is 1. The van der Waals surface area contributed by atoms with Gasteiger partial charge < -0.3 is 11.1 Å². The van der Waals surface area contributed by atoms with E-state index in [1.165, 1.54) is 12.1 Å². The number of aryl methyl sites for hydroxylation is 1. The number of nitrogens with two attached hydrogens (primary N) is 1. The normalized spacial score (nSPS) is 11.3. The van der Waals surface area contributed by atoms with Crippen molar-refractivity contribution in [1.29, 1.82) is 0 Å². The Bertz CT molecular complexity index is 1380. The third-order valence-corrected chi connectivity index (χ3v) is 8.48. The molecule has 1 heterocycles. The minimum absolute atomic E-state index is 0.0543. The fourth-order valence-electron chi connectivity index (χ4n) is 3.17. The lowest BCUT2D eigenvalue weighted by molar-refractivity contribution is 0.104.